The normalized spacial score (nSPS) is 28.2. The van der Waals surface area contributed by atoms with Crippen LogP contribution in [0.1, 0.15) is 71.2 Å². The summed E-state index contributed by atoms with van der Waals surface area (Å²) in [6, 6.07) is 14.8. The molecule has 0 spiro atoms. The average molecular weight is 563 g/mol. The van der Waals surface area contributed by atoms with Crippen molar-refractivity contribution in [3.63, 3.8) is 0 Å². The van der Waals surface area contributed by atoms with Crippen molar-refractivity contribution < 1.29 is 28.7 Å². The molecular weight excluding hydrogens is 519 g/mol. The van der Waals surface area contributed by atoms with E-state index in [1.54, 1.807) is 24.3 Å². The van der Waals surface area contributed by atoms with Crippen LogP contribution in [0.5, 0.6) is 11.5 Å². The molecule has 6 rings (SSSR count). The molecule has 1 aliphatic heterocycles. The molecule has 1 heterocycles. The van der Waals surface area contributed by atoms with Crippen LogP contribution in [0.15, 0.2) is 54.6 Å². The topological polar surface area (TPSA) is 106 Å². The number of rotatable bonds is 10. The van der Waals surface area contributed by atoms with Crippen LogP contribution in [0, 0.1) is 23.2 Å². The van der Waals surface area contributed by atoms with Gasteiger partial charge in [0.2, 0.25) is 5.91 Å². The van der Waals surface area contributed by atoms with E-state index in [2.05, 4.69) is 45.3 Å². The van der Waals surface area contributed by atoms with Crippen LogP contribution in [0.25, 0.3) is 0 Å². The minimum Gasteiger partial charge on any atom is -0.457 e. The molecule has 9 heteroatoms. The first-order valence-electron chi connectivity index (χ1n) is 14.8. The highest BCUT2D eigenvalue weighted by Crippen LogP contribution is 2.65. The van der Waals surface area contributed by atoms with Gasteiger partial charge in [0.25, 0.3) is 5.91 Å². The van der Waals surface area contributed by atoms with Crippen molar-refractivity contribution in [2.75, 3.05) is 0 Å². The molecule has 2 amide bonds. The Morgan fingerprint density at radius 2 is 1.66 bits per heavy atom. The maximum absolute atomic E-state index is 13.5. The zero-order valence-corrected chi connectivity index (χ0v) is 24.9. The number of hydrogen-bond acceptors (Lipinski definition) is 6. The molecular formula is C32H43BN2O6. The zero-order chi connectivity index (χ0) is 29.5. The third-order valence-electron chi connectivity index (χ3n) is 9.50. The molecule has 0 radical (unpaired) electrons. The number of ether oxygens (including phenoxy) is 1. The molecule has 4 fully saturated rings. The number of aliphatic hydroxyl groups is 1. The van der Waals surface area contributed by atoms with Gasteiger partial charge in [-0.3, -0.25) is 9.59 Å². The van der Waals surface area contributed by atoms with Gasteiger partial charge in [-0.05, 0) is 92.7 Å². The quantitative estimate of drug-likeness (QED) is 0.361. The van der Waals surface area contributed by atoms with Crippen molar-refractivity contribution in [2.45, 2.75) is 90.6 Å². The fourth-order valence-electron chi connectivity index (χ4n) is 7.02. The summed E-state index contributed by atoms with van der Waals surface area (Å²) < 4.78 is 18.9. The molecule has 0 unspecified atom stereocenters. The van der Waals surface area contributed by atoms with E-state index in [9.17, 15) is 14.7 Å². The molecule has 4 aliphatic rings. The molecule has 0 aromatic heterocycles. The van der Waals surface area contributed by atoms with Gasteiger partial charge in [-0.15, -0.1) is 0 Å². The highest BCUT2D eigenvalue weighted by Gasteiger charge is 2.68. The van der Waals surface area contributed by atoms with E-state index in [1.165, 1.54) is 6.92 Å². The van der Waals surface area contributed by atoms with Gasteiger partial charge in [-0.1, -0.05) is 45.9 Å². The van der Waals surface area contributed by atoms with E-state index < -0.39 is 42.6 Å². The molecule has 7 atom stereocenters. The van der Waals surface area contributed by atoms with Gasteiger partial charge in [-0.2, -0.15) is 0 Å². The van der Waals surface area contributed by atoms with Gasteiger partial charge in [0.05, 0.1) is 23.8 Å². The lowest BCUT2D eigenvalue weighted by Crippen LogP contribution is -2.65. The Labute approximate surface area is 243 Å². The maximum atomic E-state index is 13.5. The summed E-state index contributed by atoms with van der Waals surface area (Å²) in [6.45, 7) is 12.5. The van der Waals surface area contributed by atoms with Gasteiger partial charge in [0.15, 0.2) is 0 Å². The summed E-state index contributed by atoms with van der Waals surface area (Å²) in [4.78, 5) is 26.6. The Hall–Kier alpha value is -2.88. The van der Waals surface area contributed by atoms with E-state index in [1.807, 2.05) is 30.3 Å². The summed E-state index contributed by atoms with van der Waals surface area (Å²) in [5.41, 5.74) is 0.175. The number of aliphatic hydroxyl groups excluding tert-OH is 1. The molecule has 2 bridgehead atoms. The molecule has 1 saturated heterocycles. The monoisotopic (exact) mass is 562 g/mol. The van der Waals surface area contributed by atoms with Crippen molar-refractivity contribution in [1.82, 2.24) is 10.6 Å². The number of carbonyl (C=O) groups excluding carboxylic acids is 2. The van der Waals surface area contributed by atoms with Crippen LogP contribution >= 0.6 is 0 Å². The predicted octanol–water partition coefficient (Wildman–Crippen LogP) is 4.76. The summed E-state index contributed by atoms with van der Waals surface area (Å²) in [5.74, 6) is 1.22. The van der Waals surface area contributed by atoms with E-state index in [4.69, 9.17) is 14.0 Å². The number of nitrogens with one attached hydrogen (secondary N) is 2. The van der Waals surface area contributed by atoms with Crippen LogP contribution in [-0.2, 0) is 14.1 Å². The number of para-hydroxylation sites is 1. The Morgan fingerprint density at radius 1 is 1.00 bits per heavy atom. The molecule has 3 saturated carbocycles. The highest BCUT2D eigenvalue weighted by molar-refractivity contribution is 6.48. The van der Waals surface area contributed by atoms with Crippen LogP contribution < -0.4 is 15.4 Å². The maximum Gasteiger partial charge on any atom is 0.481 e. The summed E-state index contributed by atoms with van der Waals surface area (Å²) >= 11 is 0. The zero-order valence-electron chi connectivity index (χ0n) is 24.9. The first-order chi connectivity index (χ1) is 19.4. The predicted molar refractivity (Wildman–Crippen MR) is 157 cm³/mol. The Morgan fingerprint density at radius 3 is 2.27 bits per heavy atom. The van der Waals surface area contributed by atoms with Crippen LogP contribution in [0.2, 0.25) is 0 Å². The standard InChI is InChI=1S/C32H43BN2O6/c1-19(2)16-27(33-40-26-18-22-17-25(31(22,4)5)32(26,6)41-33)34-30(38)28(20(3)36)35-29(37)21-12-14-24(15-13-21)39-23-10-8-7-9-11-23/h7-15,19-20,22,25-28,36H,16-18H2,1-6H3,(H,34,38)(H,35,37)/t20-,22-,25-,26-,27+,28+,32+/m1/s1. The average Bonchev–Trinajstić information content (AvgIpc) is 3.29. The lowest BCUT2D eigenvalue weighted by Gasteiger charge is -2.64. The van der Waals surface area contributed by atoms with Crippen molar-refractivity contribution in [2.24, 2.45) is 23.2 Å². The van der Waals surface area contributed by atoms with E-state index in [-0.39, 0.29) is 17.4 Å². The van der Waals surface area contributed by atoms with Gasteiger partial charge in [0.1, 0.15) is 17.5 Å². The lowest BCUT2D eigenvalue weighted by molar-refractivity contribution is -0.199. The molecule has 2 aromatic rings. The minimum absolute atomic E-state index is 0.00283. The Bertz CT molecular complexity index is 1240. The Balaban J connectivity index is 1.24. The highest BCUT2D eigenvalue weighted by atomic mass is 16.7. The number of amides is 2. The second kappa shape index (κ2) is 11.4. The van der Waals surface area contributed by atoms with Crippen molar-refractivity contribution >= 4 is 18.9 Å². The largest absolute Gasteiger partial charge is 0.481 e. The first kappa shape index (κ1) is 29.6. The minimum atomic E-state index is -1.15. The van der Waals surface area contributed by atoms with Crippen LogP contribution in [0.3, 0.4) is 0 Å². The van der Waals surface area contributed by atoms with Crippen molar-refractivity contribution in [3.05, 3.63) is 60.2 Å². The van der Waals surface area contributed by atoms with E-state index >= 15 is 0 Å². The molecule has 8 nitrogen and oxygen atoms in total. The number of carbonyl (C=O) groups is 2. The fourth-order valence-corrected chi connectivity index (χ4v) is 7.02. The number of hydrogen-bond donors (Lipinski definition) is 3. The van der Waals surface area contributed by atoms with Gasteiger partial charge in [0, 0.05) is 5.56 Å². The van der Waals surface area contributed by atoms with E-state index in [0.29, 0.717) is 35.3 Å². The van der Waals surface area contributed by atoms with Gasteiger partial charge in [-0.25, -0.2) is 0 Å². The second-order valence-electron chi connectivity index (χ2n) is 13.2. The smallest absolute Gasteiger partial charge is 0.457 e. The fraction of sp³-hybridized carbons (Fsp3) is 0.562. The molecule has 220 valence electrons. The summed E-state index contributed by atoms with van der Waals surface area (Å²) in [5, 5.41) is 16.3. The molecule has 41 heavy (non-hydrogen) atoms. The van der Waals surface area contributed by atoms with Crippen LogP contribution in [0.4, 0.5) is 0 Å². The Kier molecular flexibility index (Phi) is 8.25. The third kappa shape index (κ3) is 5.90. The summed E-state index contributed by atoms with van der Waals surface area (Å²) in [7, 11) is -0.589. The lowest BCUT2D eigenvalue weighted by atomic mass is 9.43. The second-order valence-corrected chi connectivity index (χ2v) is 13.2. The van der Waals surface area contributed by atoms with Crippen LogP contribution in [-0.4, -0.2) is 53.8 Å². The number of benzene rings is 2. The SMILES string of the molecule is CC(C)C[C@H](NC(=O)[C@@H](NC(=O)c1ccc(Oc2ccccc2)cc1)[C@@H](C)O)B1O[C@@H]2C[C@H]3C[C@H](C3(C)C)[C@]2(C)O1. The molecule has 2 aromatic carbocycles. The molecule has 3 N–H and O–H groups in total. The van der Waals surface area contributed by atoms with Gasteiger partial charge < -0.3 is 29.8 Å². The summed E-state index contributed by atoms with van der Waals surface area (Å²) in [6.07, 6.45) is 1.63. The molecule has 3 aliphatic carbocycles. The first-order valence-corrected chi connectivity index (χ1v) is 14.8. The van der Waals surface area contributed by atoms with Crippen molar-refractivity contribution in [3.8, 4) is 11.5 Å². The van der Waals surface area contributed by atoms with Gasteiger partial charge >= 0.3 is 7.12 Å². The van der Waals surface area contributed by atoms with E-state index in [0.717, 1.165) is 12.8 Å². The third-order valence-corrected chi connectivity index (χ3v) is 9.50. The van der Waals surface area contributed by atoms with Crippen molar-refractivity contribution in [1.29, 1.82) is 0 Å².